The molecule has 0 saturated heterocycles. The molecular weight excluding hydrogens is 344 g/mol. The maximum atomic E-state index is 12.4. The summed E-state index contributed by atoms with van der Waals surface area (Å²) in [7, 11) is 1.29. The predicted octanol–water partition coefficient (Wildman–Crippen LogP) is 3.47. The average molecular weight is 368 g/mol. The third kappa shape index (κ3) is 5.17. The van der Waals surface area contributed by atoms with Gasteiger partial charge in [0.15, 0.2) is 0 Å². The number of para-hydroxylation sites is 1. The third-order valence-electron chi connectivity index (χ3n) is 4.35. The van der Waals surface area contributed by atoms with E-state index in [1.807, 2.05) is 32.0 Å². The molecule has 2 aromatic rings. The maximum Gasteiger partial charge on any atom is 0.339 e. The number of ether oxygens (including phenoxy) is 1. The summed E-state index contributed by atoms with van der Waals surface area (Å²) >= 11 is 0. The van der Waals surface area contributed by atoms with Crippen LogP contribution in [0.1, 0.15) is 34.8 Å². The number of amides is 2. The number of hydrogen-bond acceptors (Lipinski definition) is 4. The Hall–Kier alpha value is -3.15. The second-order valence-electron chi connectivity index (χ2n) is 6.27. The van der Waals surface area contributed by atoms with Gasteiger partial charge in [-0.25, -0.2) is 4.79 Å². The summed E-state index contributed by atoms with van der Waals surface area (Å²) in [6, 6.07) is 12.4. The molecule has 0 bridgehead atoms. The minimum atomic E-state index is -0.522. The number of aryl methyl sites for hydroxylation is 2. The minimum Gasteiger partial charge on any atom is -0.465 e. The third-order valence-corrected chi connectivity index (χ3v) is 4.35. The van der Waals surface area contributed by atoms with Crippen molar-refractivity contribution in [3.8, 4) is 0 Å². The fraction of sp³-hybridized carbons (Fsp3) is 0.286. The smallest absolute Gasteiger partial charge is 0.339 e. The van der Waals surface area contributed by atoms with Gasteiger partial charge in [0.25, 0.3) is 0 Å². The second-order valence-corrected chi connectivity index (χ2v) is 6.27. The van der Waals surface area contributed by atoms with Crippen LogP contribution >= 0.6 is 0 Å². The molecule has 0 aliphatic heterocycles. The fourth-order valence-electron chi connectivity index (χ4n) is 2.67. The molecule has 0 aromatic heterocycles. The number of carbonyl (C=O) groups is 3. The first-order chi connectivity index (χ1) is 12.8. The van der Waals surface area contributed by atoms with Crippen molar-refractivity contribution < 1.29 is 19.1 Å². The highest BCUT2D eigenvalue weighted by molar-refractivity contribution is 6.01. The largest absolute Gasteiger partial charge is 0.465 e. The van der Waals surface area contributed by atoms with Crippen LogP contribution in [0.2, 0.25) is 0 Å². The Bertz CT molecular complexity index is 861. The summed E-state index contributed by atoms with van der Waals surface area (Å²) in [5, 5.41) is 2.71. The maximum absolute atomic E-state index is 12.4. The van der Waals surface area contributed by atoms with E-state index in [4.69, 9.17) is 4.74 Å². The minimum absolute atomic E-state index is 0.0992. The van der Waals surface area contributed by atoms with E-state index in [0.717, 1.165) is 16.8 Å². The average Bonchev–Trinajstić information content (AvgIpc) is 2.64. The highest BCUT2D eigenvalue weighted by Gasteiger charge is 2.16. The van der Waals surface area contributed by atoms with Crippen molar-refractivity contribution in [1.29, 1.82) is 0 Å². The summed E-state index contributed by atoms with van der Waals surface area (Å²) in [4.78, 5) is 37.7. The molecule has 27 heavy (non-hydrogen) atoms. The predicted molar refractivity (Wildman–Crippen MR) is 105 cm³/mol. The van der Waals surface area contributed by atoms with E-state index >= 15 is 0 Å². The molecule has 0 aliphatic rings. The number of esters is 1. The molecule has 1 N–H and O–H groups in total. The van der Waals surface area contributed by atoms with E-state index in [1.165, 1.54) is 14.0 Å². The SMILES string of the molecule is COC(=O)c1ccccc1NC(=O)CCN(C(C)=O)c1ccc(C)c(C)c1. The molecule has 2 amide bonds. The number of anilines is 2. The Morgan fingerprint density at radius 2 is 1.74 bits per heavy atom. The van der Waals surface area contributed by atoms with Gasteiger partial charge in [0.05, 0.1) is 18.4 Å². The van der Waals surface area contributed by atoms with E-state index < -0.39 is 5.97 Å². The second kappa shape index (κ2) is 8.98. The summed E-state index contributed by atoms with van der Waals surface area (Å²) in [6.45, 7) is 5.70. The van der Waals surface area contributed by atoms with Crippen LogP contribution in [-0.2, 0) is 14.3 Å². The lowest BCUT2D eigenvalue weighted by molar-refractivity contribution is -0.117. The number of nitrogens with zero attached hydrogens (tertiary/aromatic N) is 1. The van der Waals surface area contributed by atoms with E-state index in [-0.39, 0.29) is 30.3 Å². The van der Waals surface area contributed by atoms with Gasteiger partial charge in [-0.15, -0.1) is 0 Å². The molecule has 0 spiro atoms. The van der Waals surface area contributed by atoms with Gasteiger partial charge in [0.1, 0.15) is 0 Å². The molecule has 2 aromatic carbocycles. The van der Waals surface area contributed by atoms with Crippen molar-refractivity contribution in [2.75, 3.05) is 23.9 Å². The molecule has 0 fully saturated rings. The molecule has 142 valence electrons. The van der Waals surface area contributed by atoms with Crippen LogP contribution in [0.25, 0.3) is 0 Å². The van der Waals surface area contributed by atoms with Gasteiger partial charge >= 0.3 is 5.97 Å². The summed E-state index contributed by atoms with van der Waals surface area (Å²) < 4.78 is 4.72. The van der Waals surface area contributed by atoms with Crippen LogP contribution in [-0.4, -0.2) is 31.4 Å². The Morgan fingerprint density at radius 3 is 2.37 bits per heavy atom. The van der Waals surface area contributed by atoms with Crippen LogP contribution < -0.4 is 10.2 Å². The normalized spacial score (nSPS) is 10.2. The number of nitrogens with one attached hydrogen (secondary N) is 1. The van der Waals surface area contributed by atoms with E-state index in [9.17, 15) is 14.4 Å². The van der Waals surface area contributed by atoms with Crippen LogP contribution in [0.5, 0.6) is 0 Å². The first-order valence-corrected chi connectivity index (χ1v) is 8.66. The Balaban J connectivity index is 2.08. The zero-order valence-electron chi connectivity index (χ0n) is 16.0. The number of methoxy groups -OCH3 is 1. The molecule has 0 atom stereocenters. The highest BCUT2D eigenvalue weighted by atomic mass is 16.5. The molecule has 6 heteroatoms. The Kier molecular flexibility index (Phi) is 6.71. The molecule has 2 rings (SSSR count). The van der Waals surface area contributed by atoms with Gasteiger partial charge in [-0.1, -0.05) is 18.2 Å². The quantitative estimate of drug-likeness (QED) is 0.792. The van der Waals surface area contributed by atoms with Crippen molar-refractivity contribution in [2.45, 2.75) is 27.2 Å². The molecular formula is C21H24N2O4. The van der Waals surface area contributed by atoms with Crippen molar-refractivity contribution in [3.63, 3.8) is 0 Å². The Labute approximate surface area is 159 Å². The first kappa shape index (κ1) is 20.2. The van der Waals surface area contributed by atoms with Crippen LogP contribution in [0, 0.1) is 13.8 Å². The van der Waals surface area contributed by atoms with Crippen molar-refractivity contribution in [2.24, 2.45) is 0 Å². The molecule has 0 unspecified atom stereocenters. The lowest BCUT2D eigenvalue weighted by atomic mass is 10.1. The Morgan fingerprint density at radius 1 is 1.04 bits per heavy atom. The fourth-order valence-corrected chi connectivity index (χ4v) is 2.67. The van der Waals surface area contributed by atoms with Gasteiger partial charge in [-0.3, -0.25) is 9.59 Å². The van der Waals surface area contributed by atoms with Crippen molar-refractivity contribution >= 4 is 29.2 Å². The molecule has 0 saturated carbocycles. The summed E-state index contributed by atoms with van der Waals surface area (Å²) in [5.41, 5.74) is 3.64. The zero-order valence-corrected chi connectivity index (χ0v) is 16.0. The lowest BCUT2D eigenvalue weighted by Gasteiger charge is -2.22. The molecule has 0 radical (unpaired) electrons. The topological polar surface area (TPSA) is 75.7 Å². The van der Waals surface area contributed by atoms with Crippen LogP contribution in [0.15, 0.2) is 42.5 Å². The van der Waals surface area contributed by atoms with E-state index in [1.54, 1.807) is 29.2 Å². The number of benzene rings is 2. The zero-order chi connectivity index (χ0) is 20.0. The molecule has 0 aliphatic carbocycles. The highest BCUT2D eigenvalue weighted by Crippen LogP contribution is 2.20. The summed E-state index contributed by atoms with van der Waals surface area (Å²) in [6.07, 6.45) is 0.0992. The van der Waals surface area contributed by atoms with Gasteiger partial charge in [-0.05, 0) is 49.2 Å². The van der Waals surface area contributed by atoms with Crippen LogP contribution in [0.4, 0.5) is 11.4 Å². The van der Waals surface area contributed by atoms with Crippen molar-refractivity contribution in [1.82, 2.24) is 0 Å². The van der Waals surface area contributed by atoms with Gasteiger partial charge in [0, 0.05) is 25.6 Å². The number of carbonyl (C=O) groups excluding carboxylic acids is 3. The summed E-state index contributed by atoms with van der Waals surface area (Å²) in [5.74, 6) is -0.950. The van der Waals surface area contributed by atoms with E-state index in [2.05, 4.69) is 5.32 Å². The van der Waals surface area contributed by atoms with E-state index in [0.29, 0.717) is 5.69 Å². The molecule has 6 nitrogen and oxygen atoms in total. The number of rotatable bonds is 6. The molecule has 0 heterocycles. The lowest BCUT2D eigenvalue weighted by Crippen LogP contribution is -2.32. The first-order valence-electron chi connectivity index (χ1n) is 8.66. The van der Waals surface area contributed by atoms with Gasteiger partial charge < -0.3 is 15.0 Å². The standard InChI is InChI=1S/C21H24N2O4/c1-14-9-10-17(13-15(14)2)23(16(3)24)12-11-20(25)22-19-8-6-5-7-18(19)21(26)27-4/h5-10,13H,11-12H2,1-4H3,(H,22,25). The van der Waals surface area contributed by atoms with Crippen LogP contribution in [0.3, 0.4) is 0 Å². The van der Waals surface area contributed by atoms with Gasteiger partial charge in [0.2, 0.25) is 11.8 Å². The monoisotopic (exact) mass is 368 g/mol. The van der Waals surface area contributed by atoms with Gasteiger partial charge in [-0.2, -0.15) is 0 Å². The number of hydrogen-bond donors (Lipinski definition) is 1. The van der Waals surface area contributed by atoms with Crippen molar-refractivity contribution in [3.05, 3.63) is 59.2 Å².